The SMILES string of the molecule is CC(C)CCCOc1ccc(Br)c(CNC(C)(C)C)c1. The molecule has 0 heterocycles. The second kappa shape index (κ2) is 8.04. The van der Waals surface area contributed by atoms with Gasteiger partial charge in [-0.25, -0.2) is 0 Å². The molecule has 0 fully saturated rings. The third-order valence-electron chi connectivity index (χ3n) is 3.02. The highest BCUT2D eigenvalue weighted by Crippen LogP contribution is 2.23. The highest BCUT2D eigenvalue weighted by Gasteiger charge is 2.10. The first-order valence-electron chi connectivity index (χ1n) is 7.44. The van der Waals surface area contributed by atoms with Crippen LogP contribution in [-0.4, -0.2) is 12.1 Å². The van der Waals surface area contributed by atoms with Gasteiger partial charge in [-0.1, -0.05) is 29.8 Å². The third-order valence-corrected chi connectivity index (χ3v) is 3.79. The summed E-state index contributed by atoms with van der Waals surface area (Å²) in [6.45, 7) is 12.7. The van der Waals surface area contributed by atoms with Crippen molar-refractivity contribution in [3.8, 4) is 5.75 Å². The summed E-state index contributed by atoms with van der Waals surface area (Å²) in [5.74, 6) is 1.71. The number of hydrogen-bond donors (Lipinski definition) is 1. The Hall–Kier alpha value is -0.540. The smallest absolute Gasteiger partial charge is 0.119 e. The Morgan fingerprint density at radius 1 is 1.25 bits per heavy atom. The maximum Gasteiger partial charge on any atom is 0.119 e. The number of rotatable bonds is 7. The van der Waals surface area contributed by atoms with E-state index in [0.29, 0.717) is 0 Å². The summed E-state index contributed by atoms with van der Waals surface area (Å²) in [5, 5.41) is 3.50. The zero-order valence-electron chi connectivity index (χ0n) is 13.4. The molecule has 0 unspecified atom stereocenters. The van der Waals surface area contributed by atoms with Crippen LogP contribution in [0.4, 0.5) is 0 Å². The highest BCUT2D eigenvalue weighted by molar-refractivity contribution is 9.10. The fourth-order valence-corrected chi connectivity index (χ4v) is 2.21. The van der Waals surface area contributed by atoms with Crippen LogP contribution in [0.25, 0.3) is 0 Å². The van der Waals surface area contributed by atoms with Crippen molar-refractivity contribution in [2.24, 2.45) is 5.92 Å². The molecule has 0 aliphatic heterocycles. The molecule has 0 aromatic heterocycles. The van der Waals surface area contributed by atoms with Gasteiger partial charge < -0.3 is 10.1 Å². The lowest BCUT2D eigenvalue weighted by Gasteiger charge is -2.21. The Labute approximate surface area is 132 Å². The summed E-state index contributed by atoms with van der Waals surface area (Å²) in [5.41, 5.74) is 1.36. The Kier molecular flexibility index (Phi) is 7.04. The van der Waals surface area contributed by atoms with E-state index in [4.69, 9.17) is 4.74 Å². The van der Waals surface area contributed by atoms with Gasteiger partial charge in [-0.3, -0.25) is 0 Å². The molecule has 0 aliphatic carbocycles. The number of benzene rings is 1. The molecule has 20 heavy (non-hydrogen) atoms. The van der Waals surface area contributed by atoms with Crippen molar-refractivity contribution in [2.75, 3.05) is 6.61 Å². The van der Waals surface area contributed by atoms with Crippen molar-refractivity contribution in [1.82, 2.24) is 5.32 Å². The molecule has 1 N–H and O–H groups in total. The minimum Gasteiger partial charge on any atom is -0.494 e. The van der Waals surface area contributed by atoms with E-state index in [-0.39, 0.29) is 5.54 Å². The standard InChI is InChI=1S/C17H28BrNO/c1-13(2)7-6-10-20-15-8-9-16(18)14(11-15)12-19-17(3,4)5/h8-9,11,13,19H,6-7,10,12H2,1-5H3. The molecule has 0 radical (unpaired) electrons. The molecule has 0 saturated carbocycles. The van der Waals surface area contributed by atoms with Gasteiger partial charge in [0.25, 0.3) is 0 Å². The first-order valence-corrected chi connectivity index (χ1v) is 8.23. The summed E-state index contributed by atoms with van der Waals surface area (Å²) < 4.78 is 6.96. The van der Waals surface area contributed by atoms with Crippen LogP contribution in [-0.2, 0) is 6.54 Å². The molecule has 1 rings (SSSR count). The maximum absolute atomic E-state index is 5.84. The van der Waals surface area contributed by atoms with Gasteiger partial charge in [-0.05, 0) is 63.3 Å². The molecule has 3 heteroatoms. The fourth-order valence-electron chi connectivity index (χ4n) is 1.82. The lowest BCUT2D eigenvalue weighted by atomic mass is 10.1. The van der Waals surface area contributed by atoms with Gasteiger partial charge in [0.2, 0.25) is 0 Å². The Balaban J connectivity index is 2.53. The molecule has 0 saturated heterocycles. The van der Waals surface area contributed by atoms with E-state index < -0.39 is 0 Å². The zero-order valence-corrected chi connectivity index (χ0v) is 15.0. The largest absolute Gasteiger partial charge is 0.494 e. The van der Waals surface area contributed by atoms with Crippen LogP contribution in [0.3, 0.4) is 0 Å². The van der Waals surface area contributed by atoms with Crippen LogP contribution < -0.4 is 10.1 Å². The Morgan fingerprint density at radius 2 is 1.95 bits per heavy atom. The maximum atomic E-state index is 5.84. The summed E-state index contributed by atoms with van der Waals surface area (Å²) in [7, 11) is 0. The second-order valence-electron chi connectivity index (χ2n) is 6.74. The Morgan fingerprint density at radius 3 is 2.55 bits per heavy atom. The molecule has 0 atom stereocenters. The first-order chi connectivity index (χ1) is 9.28. The third kappa shape index (κ3) is 7.30. The predicted molar refractivity (Wildman–Crippen MR) is 90.3 cm³/mol. The fraction of sp³-hybridized carbons (Fsp3) is 0.647. The van der Waals surface area contributed by atoms with Gasteiger partial charge in [0.1, 0.15) is 5.75 Å². The van der Waals surface area contributed by atoms with Crippen molar-refractivity contribution >= 4 is 15.9 Å². The quantitative estimate of drug-likeness (QED) is 0.692. The van der Waals surface area contributed by atoms with Crippen LogP contribution in [0.5, 0.6) is 5.75 Å². The monoisotopic (exact) mass is 341 g/mol. The van der Waals surface area contributed by atoms with Gasteiger partial charge in [0, 0.05) is 16.6 Å². The minimum absolute atomic E-state index is 0.119. The lowest BCUT2D eigenvalue weighted by Crippen LogP contribution is -2.35. The molecule has 0 amide bonds. The van der Waals surface area contributed by atoms with Crippen LogP contribution in [0.15, 0.2) is 22.7 Å². The van der Waals surface area contributed by atoms with Gasteiger partial charge in [-0.15, -0.1) is 0 Å². The van der Waals surface area contributed by atoms with E-state index in [2.05, 4.69) is 68.0 Å². The molecule has 2 nitrogen and oxygen atoms in total. The van der Waals surface area contributed by atoms with Crippen molar-refractivity contribution in [3.63, 3.8) is 0 Å². The van der Waals surface area contributed by atoms with E-state index in [0.717, 1.165) is 35.7 Å². The molecule has 114 valence electrons. The summed E-state index contributed by atoms with van der Waals surface area (Å²) in [4.78, 5) is 0. The molecule has 1 aromatic carbocycles. The number of nitrogens with one attached hydrogen (secondary N) is 1. The first kappa shape index (κ1) is 17.5. The summed E-state index contributed by atoms with van der Waals surface area (Å²) in [6, 6.07) is 6.22. The zero-order chi connectivity index (χ0) is 15.2. The Bertz CT molecular complexity index is 410. The van der Waals surface area contributed by atoms with Gasteiger partial charge >= 0.3 is 0 Å². The molecule has 0 spiro atoms. The van der Waals surface area contributed by atoms with E-state index in [9.17, 15) is 0 Å². The average molecular weight is 342 g/mol. The van der Waals surface area contributed by atoms with Crippen molar-refractivity contribution in [1.29, 1.82) is 0 Å². The summed E-state index contributed by atoms with van der Waals surface area (Å²) in [6.07, 6.45) is 2.33. The number of halogens is 1. The summed E-state index contributed by atoms with van der Waals surface area (Å²) >= 11 is 3.60. The van der Waals surface area contributed by atoms with Crippen LogP contribution in [0.2, 0.25) is 0 Å². The molecular weight excluding hydrogens is 314 g/mol. The second-order valence-corrected chi connectivity index (χ2v) is 7.60. The molecule has 0 bridgehead atoms. The van der Waals surface area contributed by atoms with Gasteiger partial charge in [-0.2, -0.15) is 0 Å². The van der Waals surface area contributed by atoms with Crippen LogP contribution in [0.1, 0.15) is 53.0 Å². The van der Waals surface area contributed by atoms with Gasteiger partial charge in [0.15, 0.2) is 0 Å². The predicted octanol–water partition coefficient (Wildman–Crippen LogP) is 5.15. The number of ether oxygens (including phenoxy) is 1. The van der Waals surface area contributed by atoms with Crippen molar-refractivity contribution in [3.05, 3.63) is 28.2 Å². The minimum atomic E-state index is 0.119. The topological polar surface area (TPSA) is 21.3 Å². The van der Waals surface area contributed by atoms with E-state index >= 15 is 0 Å². The van der Waals surface area contributed by atoms with Crippen LogP contribution in [0, 0.1) is 5.92 Å². The van der Waals surface area contributed by atoms with E-state index in [1.165, 1.54) is 12.0 Å². The molecule has 1 aromatic rings. The van der Waals surface area contributed by atoms with E-state index in [1.54, 1.807) is 0 Å². The van der Waals surface area contributed by atoms with Gasteiger partial charge in [0.05, 0.1) is 6.61 Å². The van der Waals surface area contributed by atoms with E-state index in [1.807, 2.05) is 6.07 Å². The van der Waals surface area contributed by atoms with Crippen molar-refractivity contribution < 1.29 is 4.74 Å². The lowest BCUT2D eigenvalue weighted by molar-refractivity contribution is 0.297. The van der Waals surface area contributed by atoms with Crippen molar-refractivity contribution in [2.45, 2.75) is 59.5 Å². The number of hydrogen-bond acceptors (Lipinski definition) is 2. The molecule has 0 aliphatic rings. The average Bonchev–Trinajstić information content (AvgIpc) is 2.33. The normalized spacial score (nSPS) is 11.9. The molecular formula is C17H28BrNO. The van der Waals surface area contributed by atoms with Crippen LogP contribution >= 0.6 is 15.9 Å². The highest BCUT2D eigenvalue weighted by atomic mass is 79.9.